The number of unbranched alkanes of at least 4 members (excludes halogenated alkanes) is 1. The highest BCUT2D eigenvalue weighted by Crippen LogP contribution is 2.46. The molecule has 9 heterocycles. The molecule has 3 fully saturated rings. The van der Waals surface area contributed by atoms with Gasteiger partial charge < -0.3 is 39.8 Å². The maximum Gasteiger partial charge on any atom is 0.343 e. The second kappa shape index (κ2) is 23.3. The first-order valence-electron chi connectivity index (χ1n) is 30.2. The number of esters is 1. The SMILES string of the molecule is C=C(C(=O)N1CCCC(Cc2nc(OC[C@@]34CCCN3C[C@H](F)C4)nc3c(F)c(-c4ccc(F)c5sc(N)c(C#[N+]C)c45)c(C)cc23)[C@@H](C)C1)C(CCCCNC)Oc1ccc2nc3c(c(CC)c2c1)Cn1c-3cc2c(c1=O)COC(=O)[C@]2(O)CC. The van der Waals surface area contributed by atoms with Crippen LogP contribution >= 0.6 is 11.3 Å². The number of alkyl halides is 1. The number of hydrogen-bond donors (Lipinski definition) is 3. The minimum atomic E-state index is -1.94. The van der Waals surface area contributed by atoms with Crippen molar-refractivity contribution in [1.29, 1.82) is 0 Å². The van der Waals surface area contributed by atoms with Gasteiger partial charge >= 0.3 is 18.0 Å². The van der Waals surface area contributed by atoms with Gasteiger partial charge in [0.05, 0.1) is 50.5 Å². The van der Waals surface area contributed by atoms with Crippen molar-refractivity contribution >= 4 is 60.1 Å². The van der Waals surface area contributed by atoms with E-state index in [4.69, 9.17) is 34.9 Å². The van der Waals surface area contributed by atoms with E-state index < -0.39 is 41.0 Å². The fourth-order valence-corrected chi connectivity index (χ4v) is 15.4. The van der Waals surface area contributed by atoms with Crippen LogP contribution in [0.3, 0.4) is 0 Å². The normalized spacial score (nSPS) is 22.0. The Labute approximate surface area is 501 Å². The Bertz CT molecular complexity index is 4070. The van der Waals surface area contributed by atoms with Crippen LogP contribution in [0.5, 0.6) is 11.8 Å². The highest BCUT2D eigenvalue weighted by Gasteiger charge is 2.50. The molecular weight excluding hydrogens is 1120 g/mol. The Balaban J connectivity index is 0.821. The van der Waals surface area contributed by atoms with Gasteiger partial charge in [-0.3, -0.25) is 14.5 Å². The van der Waals surface area contributed by atoms with Crippen LogP contribution in [0.1, 0.15) is 118 Å². The molecule has 0 bridgehead atoms. The number of hydrogen-bond acceptors (Lipinski definition) is 14. The van der Waals surface area contributed by atoms with Crippen LogP contribution in [0, 0.1) is 36.5 Å². The van der Waals surface area contributed by atoms with Gasteiger partial charge in [-0.15, -0.1) is 11.3 Å². The van der Waals surface area contributed by atoms with Crippen molar-refractivity contribution in [3.63, 3.8) is 0 Å². The van der Waals surface area contributed by atoms with E-state index >= 15 is 8.78 Å². The molecule has 6 atom stereocenters. The molecular formula is C66H73F3N9O7S+. The standard InChI is InChI=1S/C66H72F3N9O7S/c1-8-41-43-26-40(16-19-50(43)73-57-46(41)32-78-52(57)27-48-47(62(78)80)33-83-63(81)66(48,82)9-2)85-53(15-10-11-21-71-6)37(5)61(79)76-22-12-14-38(36(4)30-76)25-51-44-24-35(3)54(42-17-18-49(68)59-55(42)45(29-72-7)60(70)86-59)56(69)58(44)75-64(74-51)84-34-65-20-13-23-77(65)31-39(67)28-65/h16-19,24,26-27,36,38-39,53,70-71,82H,5,8-15,20-23,25,28,30-34H2,1-4,6-7H3/p+1/t36-,38?,39+,53?,65-,66-/m0/s1. The molecule has 450 valence electrons. The minimum absolute atomic E-state index is 0.00152. The number of nitrogens with zero attached hydrogens (tertiary/aromatic N) is 7. The summed E-state index contributed by atoms with van der Waals surface area (Å²) in [6, 6.07) is 15.1. The van der Waals surface area contributed by atoms with E-state index in [0.717, 1.165) is 73.0 Å². The van der Waals surface area contributed by atoms with Gasteiger partial charge in [-0.2, -0.15) is 9.97 Å². The van der Waals surface area contributed by atoms with Gasteiger partial charge in [0.15, 0.2) is 11.4 Å². The first-order valence-corrected chi connectivity index (χ1v) is 31.0. The first-order chi connectivity index (χ1) is 41.4. The van der Waals surface area contributed by atoms with E-state index in [0.29, 0.717) is 118 Å². The third-order valence-corrected chi connectivity index (χ3v) is 20.0. The van der Waals surface area contributed by atoms with Gasteiger partial charge in [0.25, 0.3) is 18.5 Å². The number of nitrogens with two attached hydrogens (primary N) is 1. The Kier molecular flexibility index (Phi) is 16.0. The van der Waals surface area contributed by atoms with Gasteiger partial charge in [-0.05, 0) is 156 Å². The summed E-state index contributed by atoms with van der Waals surface area (Å²) in [5.41, 5.74) is 10.5. The van der Waals surface area contributed by atoms with Crippen molar-refractivity contribution in [3.8, 4) is 40.3 Å². The van der Waals surface area contributed by atoms with Gasteiger partial charge in [0.2, 0.25) is 0 Å². The van der Waals surface area contributed by atoms with Crippen LogP contribution < -0.4 is 26.1 Å². The Morgan fingerprint density at radius 1 is 1.07 bits per heavy atom. The predicted molar refractivity (Wildman–Crippen MR) is 328 cm³/mol. The molecule has 16 nitrogen and oxygen atoms in total. The number of anilines is 1. The van der Waals surface area contributed by atoms with Crippen molar-refractivity contribution in [3.05, 3.63) is 121 Å². The van der Waals surface area contributed by atoms with E-state index in [1.54, 1.807) is 30.7 Å². The van der Waals surface area contributed by atoms with Crippen molar-refractivity contribution in [2.75, 3.05) is 59.2 Å². The van der Waals surface area contributed by atoms with Crippen LogP contribution in [0.2, 0.25) is 0 Å². The molecule has 2 unspecified atom stereocenters. The van der Waals surface area contributed by atoms with E-state index in [1.807, 2.05) is 43.1 Å². The van der Waals surface area contributed by atoms with E-state index in [2.05, 4.69) is 41.6 Å². The quantitative estimate of drug-likeness (QED) is 0.0444. The molecule has 86 heavy (non-hydrogen) atoms. The summed E-state index contributed by atoms with van der Waals surface area (Å²) in [7, 11) is 3.45. The lowest BCUT2D eigenvalue weighted by atomic mass is 9.85. The fraction of sp³-hybridized carbons (Fsp3) is 0.470. The number of thiophene rings is 1. The molecule has 20 heteroatoms. The summed E-state index contributed by atoms with van der Waals surface area (Å²) in [4.78, 5) is 64.8. The monoisotopic (exact) mass is 1190 g/mol. The van der Waals surface area contributed by atoms with Crippen LogP contribution in [-0.4, -0.2) is 118 Å². The number of aliphatic hydroxyl groups is 1. The van der Waals surface area contributed by atoms with Gasteiger partial charge in [0, 0.05) is 58.9 Å². The minimum Gasteiger partial charge on any atom is -0.486 e. The number of cyclic esters (lactones) is 1. The highest BCUT2D eigenvalue weighted by molar-refractivity contribution is 7.23. The molecule has 5 aliphatic rings. The van der Waals surface area contributed by atoms with Crippen molar-refractivity contribution in [2.24, 2.45) is 11.8 Å². The number of rotatable bonds is 17. The topological polar surface area (TPSA) is 192 Å². The summed E-state index contributed by atoms with van der Waals surface area (Å²) in [6.07, 6.45) is 5.06. The summed E-state index contributed by atoms with van der Waals surface area (Å²) < 4.78 is 68.8. The number of nitrogen functional groups attached to an aromatic ring is 1. The highest BCUT2D eigenvalue weighted by atomic mass is 32.1. The molecule has 3 saturated heterocycles. The van der Waals surface area contributed by atoms with E-state index in [-0.39, 0.29) is 82.4 Å². The Hall–Kier alpha value is -7.44. The van der Waals surface area contributed by atoms with Crippen molar-refractivity contribution < 1.29 is 42.1 Å². The third kappa shape index (κ3) is 10.1. The summed E-state index contributed by atoms with van der Waals surface area (Å²) in [5.74, 6) is -1.57. The molecule has 0 aliphatic carbocycles. The molecule has 4 aromatic heterocycles. The van der Waals surface area contributed by atoms with E-state index in [1.165, 1.54) is 6.07 Å². The van der Waals surface area contributed by atoms with Gasteiger partial charge in [-0.25, -0.2) is 22.9 Å². The second-order valence-corrected chi connectivity index (χ2v) is 25.2. The predicted octanol–water partition coefficient (Wildman–Crippen LogP) is 10.7. The number of pyridine rings is 2. The molecule has 3 aromatic carbocycles. The number of fused-ring (bicyclic) bond motifs is 8. The van der Waals surface area contributed by atoms with E-state index in [9.17, 15) is 23.9 Å². The average Bonchev–Trinajstić information content (AvgIpc) is 1.52. The summed E-state index contributed by atoms with van der Waals surface area (Å²) in [6.45, 7) is 15.1. The molecule has 1 amide bonds. The number of aromatic nitrogens is 4. The van der Waals surface area contributed by atoms with Crippen LogP contribution in [-0.2, 0) is 45.9 Å². The zero-order valence-electron chi connectivity index (χ0n) is 49.6. The summed E-state index contributed by atoms with van der Waals surface area (Å²) in [5, 5.41) is 16.7. The molecule has 5 aliphatic heterocycles. The van der Waals surface area contributed by atoms with Crippen LogP contribution in [0.25, 0.3) is 59.3 Å². The number of nitrogens with one attached hydrogen (secondary N) is 1. The third-order valence-electron chi connectivity index (χ3n) is 19.0. The fourth-order valence-electron chi connectivity index (χ4n) is 14.4. The van der Waals surface area contributed by atoms with Gasteiger partial charge in [-0.1, -0.05) is 38.3 Å². The first kappa shape index (κ1) is 58.9. The zero-order chi connectivity index (χ0) is 60.5. The number of halogens is 3. The molecule has 12 rings (SSSR count). The largest absolute Gasteiger partial charge is 0.486 e. The Morgan fingerprint density at radius 3 is 2.67 bits per heavy atom. The van der Waals surface area contributed by atoms with Gasteiger partial charge in [0.1, 0.15) is 53.1 Å². The molecule has 0 spiro atoms. The van der Waals surface area contributed by atoms with Crippen LogP contribution in [0.4, 0.5) is 18.2 Å². The number of amides is 1. The lowest BCUT2D eigenvalue weighted by molar-refractivity contribution is -0.172. The second-order valence-electron chi connectivity index (χ2n) is 24.2. The molecule has 0 radical (unpaired) electrons. The molecule has 7 aromatic rings. The maximum absolute atomic E-state index is 17.8. The summed E-state index contributed by atoms with van der Waals surface area (Å²) >= 11 is 1.06. The number of likely N-dealkylation sites (tertiary alicyclic amines) is 1. The lowest BCUT2D eigenvalue weighted by Crippen LogP contribution is -2.44. The average molecular weight is 1190 g/mol. The molecule has 4 N–H and O–H groups in total. The maximum atomic E-state index is 17.8. The van der Waals surface area contributed by atoms with Crippen LogP contribution in [0.15, 0.2) is 59.4 Å². The lowest BCUT2D eigenvalue weighted by Gasteiger charge is -2.31. The zero-order valence-corrected chi connectivity index (χ0v) is 50.5. The number of aryl methyl sites for hydroxylation is 2. The molecule has 0 saturated carbocycles. The van der Waals surface area contributed by atoms with Crippen molar-refractivity contribution in [1.82, 2.24) is 34.6 Å². The number of benzene rings is 3. The number of carbonyl (C=O) groups is 2. The number of ether oxygens (including phenoxy) is 3. The number of carbonyl (C=O) groups excluding carboxylic acids is 2. The Morgan fingerprint density at radius 2 is 1.90 bits per heavy atom. The van der Waals surface area contributed by atoms with Crippen molar-refractivity contribution in [2.45, 2.75) is 135 Å². The smallest absolute Gasteiger partial charge is 0.343 e.